The molecule has 2 unspecified atom stereocenters. The van der Waals surface area contributed by atoms with Gasteiger partial charge in [-0.1, -0.05) is 24.3 Å². The van der Waals surface area contributed by atoms with E-state index in [4.69, 9.17) is 9.97 Å². The number of amides is 10. The molecule has 8 aromatic rings. The molecule has 4 saturated heterocycles. The lowest BCUT2D eigenvalue weighted by Crippen LogP contribution is -2.63. The second-order valence-corrected chi connectivity index (χ2v) is 38.9. The molecule has 18 rings (SSSR count). The quantitative estimate of drug-likeness (QED) is 0.0231. The molecule has 2 atom stereocenters. The van der Waals surface area contributed by atoms with Gasteiger partial charge in [0.15, 0.2) is 0 Å². The van der Waals surface area contributed by atoms with E-state index in [1.807, 2.05) is 0 Å². The highest BCUT2D eigenvalue weighted by molar-refractivity contribution is 7.19. The summed E-state index contributed by atoms with van der Waals surface area (Å²) in [6, 6.07) is 21.6. The van der Waals surface area contributed by atoms with Gasteiger partial charge in [0, 0.05) is 111 Å². The van der Waals surface area contributed by atoms with Crippen LogP contribution in [0.2, 0.25) is 0 Å². The molecule has 6 aliphatic heterocycles. The third-order valence-electron chi connectivity index (χ3n) is 26.7. The first-order chi connectivity index (χ1) is 58.9. The van der Waals surface area contributed by atoms with Gasteiger partial charge in [-0.25, -0.2) is 19.9 Å². The Kier molecular flexibility index (Phi) is 22.9. The molecular formula is C90H96F6N14O12S2. The van der Waals surface area contributed by atoms with Crippen LogP contribution < -0.4 is 31.9 Å². The van der Waals surface area contributed by atoms with Crippen molar-refractivity contribution in [2.75, 3.05) is 73.6 Å². The minimum absolute atomic E-state index is 0.0760. The van der Waals surface area contributed by atoms with Crippen molar-refractivity contribution in [3.05, 3.63) is 163 Å². The van der Waals surface area contributed by atoms with Crippen molar-refractivity contribution < 1.29 is 84.5 Å². The summed E-state index contributed by atoms with van der Waals surface area (Å²) < 4.78 is 81.2. The van der Waals surface area contributed by atoms with Crippen molar-refractivity contribution in [1.82, 2.24) is 50.2 Å². The maximum absolute atomic E-state index is 13.4. The summed E-state index contributed by atoms with van der Waals surface area (Å²) in [6.45, 7) is 14.3. The molecular weight excluding hydrogens is 1650 g/mol. The minimum atomic E-state index is -4.69. The van der Waals surface area contributed by atoms with Crippen LogP contribution in [0.25, 0.3) is 20.4 Å². The Labute approximate surface area is 717 Å². The summed E-state index contributed by atoms with van der Waals surface area (Å²) in [7, 11) is 0. The zero-order valence-electron chi connectivity index (χ0n) is 68.9. The number of anilines is 4. The molecule has 0 bridgehead atoms. The largest absolute Gasteiger partial charge is 0.433 e. The van der Waals surface area contributed by atoms with Gasteiger partial charge in [0.05, 0.1) is 63.9 Å². The third-order valence-corrected chi connectivity index (χ3v) is 29.0. The summed E-state index contributed by atoms with van der Waals surface area (Å²) in [5, 5.41) is 40.6. The van der Waals surface area contributed by atoms with E-state index < -0.39 is 106 Å². The van der Waals surface area contributed by atoms with Gasteiger partial charge in [-0.3, -0.25) is 68.4 Å². The summed E-state index contributed by atoms with van der Waals surface area (Å²) in [6.07, 6.45) is 6.05. The minimum Gasteiger partial charge on any atom is -0.386 e. The summed E-state index contributed by atoms with van der Waals surface area (Å²) in [4.78, 5) is 152. The van der Waals surface area contributed by atoms with E-state index in [-0.39, 0.29) is 59.3 Å². The second-order valence-electron chi connectivity index (χ2n) is 36.8. The highest BCUT2D eigenvalue weighted by atomic mass is 32.1. The maximum atomic E-state index is 13.4. The van der Waals surface area contributed by atoms with Gasteiger partial charge in [-0.05, 0) is 238 Å². The number of halogens is 6. The number of rotatable bonds is 22. The number of hydrogen-bond donors (Lipinski definition) is 8. The zero-order valence-corrected chi connectivity index (χ0v) is 70.5. The normalized spacial score (nSPS) is 23.0. The van der Waals surface area contributed by atoms with Gasteiger partial charge in [0.1, 0.15) is 34.9 Å². The van der Waals surface area contributed by atoms with Gasteiger partial charge >= 0.3 is 12.4 Å². The van der Waals surface area contributed by atoms with Crippen LogP contribution in [0.4, 0.5) is 49.1 Å². The van der Waals surface area contributed by atoms with Crippen molar-refractivity contribution in [2.45, 2.75) is 191 Å². The summed E-state index contributed by atoms with van der Waals surface area (Å²) in [5.74, 6) is -2.72. The fourth-order valence-electron chi connectivity index (χ4n) is 20.7. The van der Waals surface area contributed by atoms with Gasteiger partial charge in [-0.15, -0.1) is 22.7 Å². The molecule has 2 spiro atoms. The molecule has 124 heavy (non-hydrogen) atoms. The molecule has 4 aliphatic carbocycles. The van der Waals surface area contributed by atoms with Crippen LogP contribution in [0.1, 0.15) is 250 Å². The van der Waals surface area contributed by atoms with Gasteiger partial charge in [0.25, 0.3) is 35.4 Å². The van der Waals surface area contributed by atoms with Crippen LogP contribution in [0.3, 0.4) is 0 Å². The Morgan fingerprint density at radius 3 is 1.19 bits per heavy atom. The number of benzene rings is 4. The molecule has 34 heteroatoms. The number of nitrogens with one attached hydrogen (secondary N) is 6. The molecule has 26 nitrogen and oxygen atoms in total. The second kappa shape index (κ2) is 33.1. The Morgan fingerprint density at radius 1 is 0.468 bits per heavy atom. The smallest absolute Gasteiger partial charge is 0.386 e. The first kappa shape index (κ1) is 85.6. The Morgan fingerprint density at radius 2 is 0.839 bits per heavy atom. The molecule has 4 saturated carbocycles. The van der Waals surface area contributed by atoms with Crippen LogP contribution >= 0.6 is 22.7 Å². The third kappa shape index (κ3) is 17.4. The lowest BCUT2D eigenvalue weighted by Gasteiger charge is -2.60. The van der Waals surface area contributed by atoms with Crippen molar-refractivity contribution in [3.63, 3.8) is 0 Å². The van der Waals surface area contributed by atoms with E-state index in [1.54, 1.807) is 111 Å². The Bertz CT molecular complexity index is 5300. The van der Waals surface area contributed by atoms with Crippen molar-refractivity contribution in [2.24, 2.45) is 34.5 Å². The van der Waals surface area contributed by atoms with Crippen molar-refractivity contribution in [1.29, 1.82) is 0 Å². The summed E-state index contributed by atoms with van der Waals surface area (Å²) in [5.41, 5.74) is 0.0382. The number of alkyl halides is 6. The van der Waals surface area contributed by atoms with E-state index in [1.165, 1.54) is 37.8 Å². The average Bonchev–Trinajstić information content (AvgIpc) is 1.38. The Hall–Kier alpha value is -10.5. The van der Waals surface area contributed by atoms with E-state index in [0.717, 1.165) is 157 Å². The van der Waals surface area contributed by atoms with Crippen molar-refractivity contribution in [3.8, 4) is 0 Å². The van der Waals surface area contributed by atoms with Gasteiger partial charge < -0.3 is 41.3 Å². The van der Waals surface area contributed by atoms with Crippen LogP contribution in [0, 0.1) is 34.5 Å². The molecule has 8 fully saturated rings. The lowest BCUT2D eigenvalue weighted by atomic mass is 9.57. The van der Waals surface area contributed by atoms with E-state index in [9.17, 15) is 84.5 Å². The van der Waals surface area contributed by atoms with Gasteiger partial charge in [0.2, 0.25) is 23.6 Å². The molecule has 652 valence electrons. The molecule has 10 amide bonds. The Balaban J connectivity index is 0.000000176. The number of carbonyl (C=O) groups excluding carboxylic acids is 10. The SMILES string of the molecule is CC(C)(O)c1cc2nc(C3CCC(CN4CC5(CC(CCNc6cccc7c6C(=O)N(C6CCC(=O)NC6=O)C7=O)C5)C4)CC3)sc2cc1NC(=O)c1cccc(C(F)(F)F)n1.CC(C)(O)c1cc2nc(C3CCC(CN4CC5(CC(CCNc6cccc7c6C(=O)N(C6CCC(=O)NC6=O)C7=O)C5)C4)CC3)sc2cc1NC(=O)c1cccc(C(F)(F)F)n1. The molecule has 10 aliphatic rings. The summed E-state index contributed by atoms with van der Waals surface area (Å²) >= 11 is 3.09. The molecule has 0 radical (unpaired) electrons. The van der Waals surface area contributed by atoms with Crippen LogP contribution in [-0.2, 0) is 42.7 Å². The highest BCUT2D eigenvalue weighted by Crippen LogP contribution is 2.56. The zero-order chi connectivity index (χ0) is 87.4. The lowest BCUT2D eigenvalue weighted by molar-refractivity contribution is -0.142. The standard InChI is InChI=1S/2C45H48F3N7O6S/c2*1-43(2,61)28-17-32-34(18-31(28)51-38(57)30-7-4-8-35(50-30)45(46,47)48)62-40(52-32)26-11-9-24(10-12-26)21-54-22-44(23-54)19-25(20-44)15-16-49-29-6-3-5-27-37(29)42(60)55(41(27)59)33-13-14-36(56)53-39(33)58/h2*3-8,17-18,24-26,33,49,61H,9-16,19-23H2,1-2H3,(H,51,57)(H,53,56,58). The number of pyridine rings is 2. The predicted molar refractivity (Wildman–Crippen MR) is 449 cm³/mol. The molecule has 4 aromatic heterocycles. The topological polar surface area (TPSA) is 348 Å². The fraction of sp³-hybridized carbons (Fsp3) is 0.489. The van der Waals surface area contributed by atoms with E-state index in [2.05, 4.69) is 51.7 Å². The molecule has 10 heterocycles. The van der Waals surface area contributed by atoms with Crippen LogP contribution in [0.5, 0.6) is 0 Å². The highest BCUT2D eigenvalue weighted by Gasteiger charge is 2.55. The van der Waals surface area contributed by atoms with E-state index >= 15 is 0 Å². The number of nitrogens with zero attached hydrogens (tertiary/aromatic N) is 8. The molecule has 8 N–H and O–H groups in total. The van der Waals surface area contributed by atoms with Crippen LogP contribution in [0.15, 0.2) is 97.1 Å². The number of likely N-dealkylation sites (tertiary alicyclic amines) is 2. The number of aliphatic hydroxyl groups is 2. The number of imide groups is 4. The number of piperidine rings is 2. The average molecular weight is 1740 g/mol. The number of aromatic nitrogens is 4. The fourth-order valence-corrected chi connectivity index (χ4v) is 23.1. The number of hydrogen-bond acceptors (Lipinski definition) is 22. The monoisotopic (exact) mass is 1740 g/mol. The number of carbonyl (C=O) groups is 10. The van der Waals surface area contributed by atoms with Crippen molar-refractivity contribution >= 4 is 125 Å². The number of fused-ring (bicyclic) bond motifs is 4. The first-order valence-electron chi connectivity index (χ1n) is 42.6. The first-order valence-corrected chi connectivity index (χ1v) is 44.2. The van der Waals surface area contributed by atoms with Gasteiger partial charge in [-0.2, -0.15) is 26.3 Å². The number of thiazole rings is 2. The molecule has 4 aromatic carbocycles. The predicted octanol–water partition coefficient (Wildman–Crippen LogP) is 14.2. The van der Waals surface area contributed by atoms with Crippen LogP contribution in [-0.4, -0.2) is 173 Å². The van der Waals surface area contributed by atoms with E-state index in [0.29, 0.717) is 104 Å². The maximum Gasteiger partial charge on any atom is 0.433 e.